The van der Waals surface area contributed by atoms with E-state index in [1.807, 2.05) is 18.7 Å². The Bertz CT molecular complexity index is 471. The SMILES string of the molecule is CCN(c1ccc(C(=O)N(C)C)cn1)C(C)CC(=O)O. The molecule has 0 aliphatic rings. The van der Waals surface area contributed by atoms with Crippen molar-refractivity contribution in [1.82, 2.24) is 9.88 Å². The molecule has 0 saturated heterocycles. The maximum Gasteiger partial charge on any atom is 0.305 e. The molecule has 0 aliphatic carbocycles. The first-order valence-electron chi connectivity index (χ1n) is 6.53. The normalized spacial score (nSPS) is 11.8. The van der Waals surface area contributed by atoms with Gasteiger partial charge in [-0.15, -0.1) is 0 Å². The Balaban J connectivity index is 2.90. The predicted molar refractivity (Wildman–Crippen MR) is 77.0 cm³/mol. The number of carboxylic acid groups (broad SMARTS) is 1. The second-order valence-corrected chi connectivity index (χ2v) is 4.84. The fourth-order valence-corrected chi connectivity index (χ4v) is 2.00. The van der Waals surface area contributed by atoms with E-state index < -0.39 is 5.97 Å². The summed E-state index contributed by atoms with van der Waals surface area (Å²) in [6, 6.07) is 3.31. The smallest absolute Gasteiger partial charge is 0.305 e. The van der Waals surface area contributed by atoms with Gasteiger partial charge in [-0.2, -0.15) is 0 Å². The van der Waals surface area contributed by atoms with Gasteiger partial charge in [0.2, 0.25) is 0 Å². The van der Waals surface area contributed by atoms with Crippen LogP contribution in [0.4, 0.5) is 5.82 Å². The molecular weight excluding hydrogens is 258 g/mol. The third-order valence-corrected chi connectivity index (χ3v) is 3.04. The van der Waals surface area contributed by atoms with E-state index >= 15 is 0 Å². The Morgan fingerprint density at radius 3 is 2.40 bits per heavy atom. The minimum Gasteiger partial charge on any atom is -0.481 e. The maximum atomic E-state index is 11.8. The first-order chi connectivity index (χ1) is 9.36. The zero-order valence-corrected chi connectivity index (χ0v) is 12.3. The highest BCUT2D eigenvalue weighted by molar-refractivity contribution is 5.93. The average Bonchev–Trinajstić information content (AvgIpc) is 2.38. The molecule has 0 spiro atoms. The first-order valence-corrected chi connectivity index (χ1v) is 6.53. The van der Waals surface area contributed by atoms with E-state index in [1.165, 1.54) is 11.1 Å². The van der Waals surface area contributed by atoms with Crippen molar-refractivity contribution in [2.45, 2.75) is 26.3 Å². The molecule has 0 saturated carbocycles. The van der Waals surface area contributed by atoms with Crippen LogP contribution in [0.15, 0.2) is 18.3 Å². The number of aromatic nitrogens is 1. The number of amides is 1. The number of pyridine rings is 1. The number of carbonyl (C=O) groups is 2. The molecule has 1 rings (SSSR count). The van der Waals surface area contributed by atoms with Crippen molar-refractivity contribution in [2.75, 3.05) is 25.5 Å². The van der Waals surface area contributed by atoms with Gasteiger partial charge in [0.05, 0.1) is 12.0 Å². The lowest BCUT2D eigenvalue weighted by atomic mass is 10.2. The summed E-state index contributed by atoms with van der Waals surface area (Å²) in [7, 11) is 3.37. The highest BCUT2D eigenvalue weighted by Gasteiger charge is 2.17. The number of rotatable bonds is 6. The third kappa shape index (κ3) is 3.94. The summed E-state index contributed by atoms with van der Waals surface area (Å²) in [5, 5.41) is 8.86. The Kier molecular flexibility index (Phi) is 5.49. The van der Waals surface area contributed by atoms with Crippen LogP contribution in [0.25, 0.3) is 0 Å². The molecule has 110 valence electrons. The molecule has 1 aromatic rings. The average molecular weight is 279 g/mol. The third-order valence-electron chi connectivity index (χ3n) is 3.04. The molecule has 0 aromatic carbocycles. The lowest BCUT2D eigenvalue weighted by Crippen LogP contribution is -2.35. The molecule has 1 aromatic heterocycles. The summed E-state index contributed by atoms with van der Waals surface area (Å²) < 4.78 is 0. The topological polar surface area (TPSA) is 73.7 Å². The van der Waals surface area contributed by atoms with Gasteiger partial charge in [0.15, 0.2) is 0 Å². The number of nitrogens with zero attached hydrogens (tertiary/aromatic N) is 3. The quantitative estimate of drug-likeness (QED) is 0.853. The largest absolute Gasteiger partial charge is 0.481 e. The number of carboxylic acids is 1. The zero-order chi connectivity index (χ0) is 15.3. The zero-order valence-electron chi connectivity index (χ0n) is 12.3. The van der Waals surface area contributed by atoms with Gasteiger partial charge in [-0.1, -0.05) is 0 Å². The summed E-state index contributed by atoms with van der Waals surface area (Å²) >= 11 is 0. The highest BCUT2D eigenvalue weighted by atomic mass is 16.4. The fraction of sp³-hybridized carbons (Fsp3) is 0.500. The molecule has 0 fully saturated rings. The van der Waals surface area contributed by atoms with Crippen molar-refractivity contribution in [2.24, 2.45) is 0 Å². The van der Waals surface area contributed by atoms with Crippen molar-refractivity contribution < 1.29 is 14.7 Å². The lowest BCUT2D eigenvalue weighted by Gasteiger charge is -2.28. The number of hydrogen-bond donors (Lipinski definition) is 1. The number of anilines is 1. The van der Waals surface area contributed by atoms with Gasteiger partial charge in [0.1, 0.15) is 5.82 Å². The Morgan fingerprint density at radius 1 is 1.35 bits per heavy atom. The minimum absolute atomic E-state index is 0.0495. The molecule has 0 bridgehead atoms. The van der Waals surface area contributed by atoms with Crippen molar-refractivity contribution in [3.8, 4) is 0 Å². The van der Waals surface area contributed by atoms with Crippen molar-refractivity contribution in [3.63, 3.8) is 0 Å². The minimum atomic E-state index is -0.838. The van der Waals surface area contributed by atoms with Gasteiger partial charge < -0.3 is 14.9 Å². The molecule has 1 N–H and O–H groups in total. The Hall–Kier alpha value is -2.11. The van der Waals surface area contributed by atoms with Crippen molar-refractivity contribution in [1.29, 1.82) is 0 Å². The number of aliphatic carboxylic acids is 1. The number of carbonyl (C=O) groups excluding carboxylic acids is 1. The summed E-state index contributed by atoms with van der Waals surface area (Å²) in [6.07, 6.45) is 1.57. The van der Waals surface area contributed by atoms with E-state index in [1.54, 1.807) is 26.2 Å². The van der Waals surface area contributed by atoms with E-state index in [2.05, 4.69) is 4.98 Å². The molecule has 1 atom stereocenters. The molecule has 6 heteroatoms. The Morgan fingerprint density at radius 2 is 2.00 bits per heavy atom. The number of hydrogen-bond acceptors (Lipinski definition) is 4. The second kappa shape index (κ2) is 6.88. The second-order valence-electron chi connectivity index (χ2n) is 4.84. The highest BCUT2D eigenvalue weighted by Crippen LogP contribution is 2.16. The van der Waals surface area contributed by atoms with E-state index in [4.69, 9.17) is 5.11 Å². The molecule has 1 heterocycles. The Labute approximate surface area is 119 Å². The predicted octanol–water partition coefficient (Wildman–Crippen LogP) is 1.47. The van der Waals surface area contributed by atoms with Crippen molar-refractivity contribution >= 4 is 17.7 Å². The van der Waals surface area contributed by atoms with Gasteiger partial charge in [-0.05, 0) is 26.0 Å². The van der Waals surface area contributed by atoms with Crippen LogP contribution < -0.4 is 4.90 Å². The molecule has 0 aliphatic heterocycles. The molecule has 1 unspecified atom stereocenters. The molecule has 20 heavy (non-hydrogen) atoms. The van der Waals surface area contributed by atoms with Crippen LogP contribution in [-0.2, 0) is 4.79 Å². The maximum absolute atomic E-state index is 11.8. The molecule has 1 amide bonds. The van der Waals surface area contributed by atoms with Crippen LogP contribution in [0.3, 0.4) is 0 Å². The van der Waals surface area contributed by atoms with E-state index in [9.17, 15) is 9.59 Å². The molecular formula is C14H21N3O3. The van der Waals surface area contributed by atoms with Gasteiger partial charge in [0.25, 0.3) is 5.91 Å². The van der Waals surface area contributed by atoms with Gasteiger partial charge in [0, 0.05) is 32.9 Å². The van der Waals surface area contributed by atoms with Crippen LogP contribution in [0, 0.1) is 0 Å². The molecule has 6 nitrogen and oxygen atoms in total. The monoisotopic (exact) mass is 279 g/mol. The van der Waals surface area contributed by atoms with Crippen LogP contribution in [0.1, 0.15) is 30.6 Å². The van der Waals surface area contributed by atoms with Gasteiger partial charge >= 0.3 is 5.97 Å². The standard InChI is InChI=1S/C14H21N3O3/c1-5-17(10(2)8-13(18)19)12-7-6-11(9-15-12)14(20)16(3)4/h6-7,9-10H,5,8H2,1-4H3,(H,18,19). The van der Waals surface area contributed by atoms with E-state index in [-0.39, 0.29) is 18.4 Å². The van der Waals surface area contributed by atoms with Gasteiger partial charge in [-0.3, -0.25) is 9.59 Å². The van der Waals surface area contributed by atoms with Crippen LogP contribution >= 0.6 is 0 Å². The summed E-state index contributed by atoms with van der Waals surface area (Å²) in [6.45, 7) is 4.44. The fourth-order valence-electron chi connectivity index (χ4n) is 2.00. The van der Waals surface area contributed by atoms with Crippen molar-refractivity contribution in [3.05, 3.63) is 23.9 Å². The van der Waals surface area contributed by atoms with Crippen LogP contribution in [0.5, 0.6) is 0 Å². The first kappa shape index (κ1) is 15.9. The van der Waals surface area contributed by atoms with E-state index in [0.717, 1.165) is 0 Å². The van der Waals surface area contributed by atoms with E-state index in [0.29, 0.717) is 17.9 Å². The van der Waals surface area contributed by atoms with Crippen LogP contribution in [-0.4, -0.2) is 53.5 Å². The summed E-state index contributed by atoms with van der Waals surface area (Å²) in [4.78, 5) is 30.2. The lowest BCUT2D eigenvalue weighted by molar-refractivity contribution is -0.137. The summed E-state index contributed by atoms with van der Waals surface area (Å²) in [5.74, 6) is -0.266. The van der Waals surface area contributed by atoms with Gasteiger partial charge in [-0.25, -0.2) is 4.98 Å². The van der Waals surface area contributed by atoms with Crippen LogP contribution in [0.2, 0.25) is 0 Å². The summed E-state index contributed by atoms with van der Waals surface area (Å²) in [5.41, 5.74) is 0.515. The molecule has 0 radical (unpaired) electrons.